The molecule has 0 radical (unpaired) electrons. The van der Waals surface area contributed by atoms with Crippen LogP contribution in [0.4, 0.5) is 5.13 Å². The Bertz CT molecular complexity index is 830. The summed E-state index contributed by atoms with van der Waals surface area (Å²) in [4.78, 5) is 16.6. The lowest BCUT2D eigenvalue weighted by atomic mass is 10.2. The van der Waals surface area contributed by atoms with Crippen molar-refractivity contribution in [3.8, 4) is 0 Å². The van der Waals surface area contributed by atoms with Gasteiger partial charge < -0.3 is 0 Å². The van der Waals surface area contributed by atoms with Gasteiger partial charge in [-0.2, -0.15) is 0 Å². The Morgan fingerprint density at radius 2 is 1.86 bits per heavy atom. The van der Waals surface area contributed by atoms with Gasteiger partial charge in [0.15, 0.2) is 5.13 Å². The third kappa shape index (κ3) is 3.45. The van der Waals surface area contributed by atoms with Crippen molar-refractivity contribution < 1.29 is 4.79 Å². The van der Waals surface area contributed by atoms with E-state index in [1.165, 1.54) is 11.3 Å². The molecule has 0 spiro atoms. The maximum absolute atomic E-state index is 12.3. The summed E-state index contributed by atoms with van der Waals surface area (Å²) in [5, 5.41) is 4.01. The number of carbonyl (C=O) groups excluding carboxylic acids is 1. The molecule has 0 aliphatic heterocycles. The van der Waals surface area contributed by atoms with Gasteiger partial charge >= 0.3 is 0 Å². The SMILES string of the molecule is O=C(Nc1nc2ccc(Cl)cc2s1)c1cc(Br)cc(Br)c1. The second-order valence-electron chi connectivity index (χ2n) is 4.24. The van der Waals surface area contributed by atoms with Crippen molar-refractivity contribution in [3.63, 3.8) is 0 Å². The maximum atomic E-state index is 12.3. The van der Waals surface area contributed by atoms with Crippen LogP contribution in [0.2, 0.25) is 5.02 Å². The number of fused-ring (bicyclic) bond motifs is 1. The van der Waals surface area contributed by atoms with Crippen LogP contribution < -0.4 is 5.32 Å². The van der Waals surface area contributed by atoms with E-state index in [4.69, 9.17) is 11.6 Å². The molecule has 0 aliphatic rings. The Morgan fingerprint density at radius 3 is 2.57 bits per heavy atom. The first-order valence-electron chi connectivity index (χ1n) is 5.85. The Morgan fingerprint density at radius 1 is 1.14 bits per heavy atom. The number of hydrogen-bond acceptors (Lipinski definition) is 3. The Hall–Kier alpha value is -0.950. The second-order valence-corrected chi connectivity index (χ2v) is 7.54. The summed E-state index contributed by atoms with van der Waals surface area (Å²) in [5.74, 6) is -0.206. The molecule has 21 heavy (non-hydrogen) atoms. The minimum atomic E-state index is -0.206. The molecule has 7 heteroatoms. The number of nitrogens with one attached hydrogen (secondary N) is 1. The fourth-order valence-electron chi connectivity index (χ4n) is 1.81. The van der Waals surface area contributed by atoms with E-state index < -0.39 is 0 Å². The molecule has 2 aromatic carbocycles. The number of halogens is 3. The van der Waals surface area contributed by atoms with Gasteiger partial charge in [0, 0.05) is 19.5 Å². The van der Waals surface area contributed by atoms with E-state index >= 15 is 0 Å². The molecule has 1 aromatic heterocycles. The molecule has 3 rings (SSSR count). The first kappa shape index (κ1) is 15.0. The molecular formula is C14H7Br2ClN2OS. The largest absolute Gasteiger partial charge is 0.298 e. The van der Waals surface area contributed by atoms with Gasteiger partial charge in [-0.1, -0.05) is 54.8 Å². The van der Waals surface area contributed by atoms with Gasteiger partial charge in [-0.05, 0) is 36.4 Å². The van der Waals surface area contributed by atoms with Crippen molar-refractivity contribution in [1.82, 2.24) is 4.98 Å². The monoisotopic (exact) mass is 444 g/mol. The quantitative estimate of drug-likeness (QED) is 0.547. The topological polar surface area (TPSA) is 42.0 Å². The average Bonchev–Trinajstić information content (AvgIpc) is 2.78. The molecule has 1 heterocycles. The molecule has 0 aliphatic carbocycles. The molecule has 0 atom stereocenters. The highest BCUT2D eigenvalue weighted by Gasteiger charge is 2.11. The lowest BCUT2D eigenvalue weighted by Gasteiger charge is -2.03. The van der Waals surface area contributed by atoms with Crippen LogP contribution in [0.25, 0.3) is 10.2 Å². The number of benzene rings is 2. The maximum Gasteiger partial charge on any atom is 0.257 e. The van der Waals surface area contributed by atoms with Gasteiger partial charge in [-0.25, -0.2) is 4.98 Å². The van der Waals surface area contributed by atoms with Crippen LogP contribution in [-0.2, 0) is 0 Å². The molecule has 1 N–H and O–H groups in total. The fraction of sp³-hybridized carbons (Fsp3) is 0. The number of hydrogen-bond donors (Lipinski definition) is 1. The Balaban J connectivity index is 1.88. The number of anilines is 1. The van der Waals surface area contributed by atoms with Gasteiger partial charge in [0.2, 0.25) is 0 Å². The summed E-state index contributed by atoms with van der Waals surface area (Å²) in [6.07, 6.45) is 0. The molecular weight excluding hydrogens is 439 g/mol. The van der Waals surface area contributed by atoms with E-state index in [0.717, 1.165) is 19.2 Å². The summed E-state index contributed by atoms with van der Waals surface area (Å²) in [5.41, 5.74) is 1.36. The van der Waals surface area contributed by atoms with Crippen LogP contribution in [0.3, 0.4) is 0 Å². The number of nitrogens with zero attached hydrogens (tertiary/aromatic N) is 1. The van der Waals surface area contributed by atoms with E-state index in [2.05, 4.69) is 42.2 Å². The second kappa shape index (κ2) is 6.04. The Labute approximate surface area is 146 Å². The molecule has 3 aromatic rings. The molecule has 0 bridgehead atoms. The molecule has 0 fully saturated rings. The summed E-state index contributed by atoms with van der Waals surface area (Å²) < 4.78 is 2.60. The standard InChI is InChI=1S/C14H7Br2ClN2OS/c15-8-3-7(4-9(16)5-8)13(20)19-14-18-11-2-1-10(17)6-12(11)21-14/h1-6H,(H,18,19,20). The molecule has 0 unspecified atom stereocenters. The van der Waals surface area contributed by atoms with Crippen molar-refractivity contribution in [2.24, 2.45) is 0 Å². The molecule has 3 nitrogen and oxygen atoms in total. The van der Waals surface area contributed by atoms with Crippen LogP contribution in [0.15, 0.2) is 45.3 Å². The van der Waals surface area contributed by atoms with Crippen LogP contribution in [-0.4, -0.2) is 10.9 Å². The van der Waals surface area contributed by atoms with Gasteiger partial charge in [0.1, 0.15) is 0 Å². The van der Waals surface area contributed by atoms with Gasteiger partial charge in [-0.15, -0.1) is 0 Å². The van der Waals surface area contributed by atoms with Crippen LogP contribution in [0.5, 0.6) is 0 Å². The smallest absolute Gasteiger partial charge is 0.257 e. The lowest BCUT2D eigenvalue weighted by molar-refractivity contribution is 0.102. The van der Waals surface area contributed by atoms with Crippen molar-refractivity contribution in [2.75, 3.05) is 5.32 Å². The van der Waals surface area contributed by atoms with Crippen LogP contribution in [0.1, 0.15) is 10.4 Å². The highest BCUT2D eigenvalue weighted by molar-refractivity contribution is 9.11. The van der Waals surface area contributed by atoms with E-state index in [1.807, 2.05) is 18.2 Å². The zero-order valence-electron chi connectivity index (χ0n) is 10.4. The number of thiazole rings is 1. The third-order valence-electron chi connectivity index (χ3n) is 2.70. The normalized spacial score (nSPS) is 10.8. The van der Waals surface area contributed by atoms with Crippen molar-refractivity contribution in [3.05, 3.63) is 55.9 Å². The van der Waals surface area contributed by atoms with Crippen LogP contribution >= 0.6 is 54.8 Å². The zero-order valence-corrected chi connectivity index (χ0v) is 15.1. The predicted molar refractivity (Wildman–Crippen MR) is 94.4 cm³/mol. The lowest BCUT2D eigenvalue weighted by Crippen LogP contribution is -2.11. The highest BCUT2D eigenvalue weighted by Crippen LogP contribution is 2.29. The van der Waals surface area contributed by atoms with Crippen molar-refractivity contribution in [1.29, 1.82) is 0 Å². The number of aromatic nitrogens is 1. The summed E-state index contributed by atoms with van der Waals surface area (Å²) >= 11 is 14.1. The summed E-state index contributed by atoms with van der Waals surface area (Å²) in [6, 6.07) is 10.8. The zero-order chi connectivity index (χ0) is 15.0. The Kier molecular flexibility index (Phi) is 4.31. The van der Waals surface area contributed by atoms with E-state index in [-0.39, 0.29) is 5.91 Å². The van der Waals surface area contributed by atoms with Crippen LogP contribution in [0, 0.1) is 0 Å². The third-order valence-corrected chi connectivity index (χ3v) is 4.78. The predicted octanol–water partition coefficient (Wildman–Crippen LogP) is 5.73. The summed E-state index contributed by atoms with van der Waals surface area (Å²) in [7, 11) is 0. The minimum absolute atomic E-state index is 0.206. The van der Waals surface area contributed by atoms with E-state index in [1.54, 1.807) is 18.2 Å². The molecule has 0 saturated carbocycles. The minimum Gasteiger partial charge on any atom is -0.298 e. The average molecular weight is 447 g/mol. The first-order chi connectivity index (χ1) is 10.0. The number of rotatable bonds is 2. The number of amides is 1. The van der Waals surface area contributed by atoms with Gasteiger partial charge in [0.05, 0.1) is 10.2 Å². The fourth-order valence-corrected chi connectivity index (χ4v) is 4.24. The summed E-state index contributed by atoms with van der Waals surface area (Å²) in [6.45, 7) is 0. The molecule has 1 amide bonds. The van der Waals surface area contributed by atoms with E-state index in [9.17, 15) is 4.79 Å². The number of carbonyl (C=O) groups is 1. The van der Waals surface area contributed by atoms with Crippen molar-refractivity contribution >= 4 is 76.1 Å². The first-order valence-corrected chi connectivity index (χ1v) is 8.63. The van der Waals surface area contributed by atoms with Gasteiger partial charge in [-0.3, -0.25) is 10.1 Å². The molecule has 0 saturated heterocycles. The van der Waals surface area contributed by atoms with Crippen molar-refractivity contribution in [2.45, 2.75) is 0 Å². The molecule has 106 valence electrons. The van der Waals surface area contributed by atoms with Gasteiger partial charge in [0.25, 0.3) is 5.91 Å². The highest BCUT2D eigenvalue weighted by atomic mass is 79.9. The van der Waals surface area contributed by atoms with E-state index in [0.29, 0.717) is 15.7 Å².